The van der Waals surface area contributed by atoms with Gasteiger partial charge in [-0.2, -0.15) is 5.10 Å². The third-order valence-electron chi connectivity index (χ3n) is 7.37. The molecule has 0 radical (unpaired) electrons. The summed E-state index contributed by atoms with van der Waals surface area (Å²) in [6, 6.07) is 10.4. The van der Waals surface area contributed by atoms with E-state index in [1.54, 1.807) is 16.9 Å². The summed E-state index contributed by atoms with van der Waals surface area (Å²) in [5.41, 5.74) is 17.3. The van der Waals surface area contributed by atoms with Gasteiger partial charge in [-0.25, -0.2) is 13.9 Å². The summed E-state index contributed by atoms with van der Waals surface area (Å²) < 4.78 is 15.7. The van der Waals surface area contributed by atoms with Gasteiger partial charge >= 0.3 is 0 Å². The van der Waals surface area contributed by atoms with Crippen molar-refractivity contribution in [2.75, 3.05) is 11.9 Å². The summed E-state index contributed by atoms with van der Waals surface area (Å²) in [6.07, 6.45) is 9.13. The third-order valence-corrected chi connectivity index (χ3v) is 7.69. The van der Waals surface area contributed by atoms with Crippen LogP contribution in [0.2, 0.25) is 5.02 Å². The van der Waals surface area contributed by atoms with Crippen LogP contribution in [-0.4, -0.2) is 44.2 Å². The Bertz CT molecular complexity index is 1510. The van der Waals surface area contributed by atoms with Gasteiger partial charge in [-0.05, 0) is 49.9 Å². The first-order valence-corrected chi connectivity index (χ1v) is 13.4. The molecule has 1 aliphatic carbocycles. The van der Waals surface area contributed by atoms with E-state index in [9.17, 15) is 9.50 Å². The van der Waals surface area contributed by atoms with Crippen LogP contribution in [0, 0.1) is 5.82 Å². The van der Waals surface area contributed by atoms with E-state index in [4.69, 9.17) is 23.1 Å². The lowest BCUT2D eigenvalue weighted by Gasteiger charge is -2.28. The molecule has 1 fully saturated rings. The van der Waals surface area contributed by atoms with Crippen LogP contribution in [0.1, 0.15) is 50.8 Å². The van der Waals surface area contributed by atoms with E-state index in [1.165, 1.54) is 18.2 Å². The average molecular weight is 550 g/mol. The van der Waals surface area contributed by atoms with Gasteiger partial charge in [0, 0.05) is 52.8 Å². The highest BCUT2D eigenvalue weighted by Crippen LogP contribution is 2.33. The summed E-state index contributed by atoms with van der Waals surface area (Å²) in [5.74, 6) is -0.276. The molecule has 39 heavy (non-hydrogen) atoms. The van der Waals surface area contributed by atoms with Crippen molar-refractivity contribution in [3.8, 4) is 11.1 Å². The molecule has 4 aromatic rings. The fourth-order valence-electron chi connectivity index (χ4n) is 4.84. The summed E-state index contributed by atoms with van der Waals surface area (Å²) in [7, 11) is 0. The molecule has 3 aromatic heterocycles. The normalized spacial score (nSPS) is 18.5. The van der Waals surface area contributed by atoms with Crippen molar-refractivity contribution in [2.45, 2.75) is 57.0 Å². The lowest BCUT2D eigenvalue weighted by atomic mass is 9.89. The van der Waals surface area contributed by atoms with Gasteiger partial charge in [-0.15, -0.1) is 0 Å². The molecule has 1 aliphatic rings. The molecule has 6 N–H and O–H groups in total. The van der Waals surface area contributed by atoms with E-state index in [0.717, 1.165) is 53.7 Å². The minimum atomic E-state index is -0.449. The Morgan fingerprint density at radius 3 is 2.62 bits per heavy atom. The molecule has 0 saturated heterocycles. The largest absolute Gasteiger partial charge is 0.395 e. The smallest absolute Gasteiger partial charge is 0.135 e. The topological polar surface area (TPSA) is 127 Å². The molecule has 0 spiro atoms. The molecule has 0 unspecified atom stereocenters. The van der Waals surface area contributed by atoms with Gasteiger partial charge in [0.25, 0.3) is 0 Å². The van der Waals surface area contributed by atoms with E-state index < -0.39 is 11.2 Å². The first-order chi connectivity index (χ1) is 18.6. The van der Waals surface area contributed by atoms with E-state index >= 15 is 0 Å². The zero-order valence-electron chi connectivity index (χ0n) is 22.0. The number of hydrogen-bond acceptors (Lipinski definition) is 6. The Kier molecular flexibility index (Phi) is 7.57. The summed E-state index contributed by atoms with van der Waals surface area (Å²) in [5, 5.41) is 18.3. The lowest BCUT2D eigenvalue weighted by molar-refractivity contribution is 0.215. The molecule has 0 amide bonds. The van der Waals surface area contributed by atoms with Gasteiger partial charge in [0.1, 0.15) is 11.7 Å². The highest BCUT2D eigenvalue weighted by molar-refractivity contribution is 6.33. The van der Waals surface area contributed by atoms with Crippen molar-refractivity contribution in [1.82, 2.24) is 14.6 Å². The SMILES string of the molecule is CC(C)(CO)c1ccc(-c2cc3c(NC4CCC(N)CC4)c(C(N)=Nc4cc(F)ccc4Cl)cnn3c2)cn1. The number of aliphatic hydroxyl groups is 1. The molecular formula is C29H33ClFN7O. The van der Waals surface area contributed by atoms with Crippen LogP contribution in [0.3, 0.4) is 0 Å². The van der Waals surface area contributed by atoms with Crippen LogP contribution in [0.15, 0.2) is 60.0 Å². The minimum absolute atomic E-state index is 0.00701. The number of benzene rings is 1. The van der Waals surface area contributed by atoms with Gasteiger partial charge < -0.3 is 21.9 Å². The van der Waals surface area contributed by atoms with Crippen LogP contribution in [0.5, 0.6) is 0 Å². The molecule has 204 valence electrons. The van der Waals surface area contributed by atoms with Crippen LogP contribution >= 0.6 is 11.6 Å². The molecule has 8 nitrogen and oxygen atoms in total. The van der Waals surface area contributed by atoms with Crippen molar-refractivity contribution in [3.05, 3.63) is 77.1 Å². The number of amidine groups is 1. The predicted octanol–water partition coefficient (Wildman–Crippen LogP) is 5.18. The number of hydrogen-bond donors (Lipinski definition) is 4. The second kappa shape index (κ2) is 10.9. The Labute approximate surface area is 231 Å². The molecule has 5 rings (SSSR count). The number of pyridine rings is 1. The molecule has 10 heteroatoms. The van der Waals surface area contributed by atoms with Gasteiger partial charge in [0.15, 0.2) is 0 Å². The number of aliphatic imine (C=N–C) groups is 1. The fourth-order valence-corrected chi connectivity index (χ4v) is 5.00. The van der Waals surface area contributed by atoms with Crippen LogP contribution in [0.4, 0.5) is 15.8 Å². The molecular weight excluding hydrogens is 517 g/mol. The number of nitrogens with zero attached hydrogens (tertiary/aromatic N) is 4. The van der Waals surface area contributed by atoms with Crippen LogP contribution in [-0.2, 0) is 5.41 Å². The Balaban J connectivity index is 1.58. The zero-order valence-corrected chi connectivity index (χ0v) is 22.8. The quantitative estimate of drug-likeness (QED) is 0.186. The monoisotopic (exact) mass is 549 g/mol. The van der Waals surface area contributed by atoms with E-state index in [2.05, 4.69) is 20.4 Å². The van der Waals surface area contributed by atoms with Gasteiger partial charge in [0.05, 0.1) is 40.3 Å². The molecule has 1 aromatic carbocycles. The molecule has 1 saturated carbocycles. The van der Waals surface area contributed by atoms with Gasteiger partial charge in [-0.3, -0.25) is 4.98 Å². The van der Waals surface area contributed by atoms with Crippen molar-refractivity contribution in [3.63, 3.8) is 0 Å². The van der Waals surface area contributed by atoms with Gasteiger partial charge in [0.2, 0.25) is 0 Å². The average Bonchev–Trinajstić information content (AvgIpc) is 3.37. The second-order valence-electron chi connectivity index (χ2n) is 10.8. The van der Waals surface area contributed by atoms with Gasteiger partial charge in [-0.1, -0.05) is 31.5 Å². The fraction of sp³-hybridized carbons (Fsp3) is 0.345. The first-order valence-electron chi connectivity index (χ1n) is 13.1. The van der Waals surface area contributed by atoms with Crippen LogP contribution < -0.4 is 16.8 Å². The number of aromatic nitrogens is 3. The maximum absolute atomic E-state index is 13.9. The third kappa shape index (κ3) is 5.75. The highest BCUT2D eigenvalue weighted by atomic mass is 35.5. The number of aliphatic hydroxyl groups excluding tert-OH is 1. The Morgan fingerprint density at radius 2 is 1.92 bits per heavy atom. The Hall–Kier alpha value is -3.53. The minimum Gasteiger partial charge on any atom is -0.395 e. The van der Waals surface area contributed by atoms with Crippen molar-refractivity contribution in [2.24, 2.45) is 16.5 Å². The number of fused-ring (bicyclic) bond motifs is 1. The summed E-state index contributed by atoms with van der Waals surface area (Å²) >= 11 is 6.26. The van der Waals surface area contributed by atoms with E-state index in [0.29, 0.717) is 10.6 Å². The number of nitrogens with one attached hydrogen (secondary N) is 1. The second-order valence-corrected chi connectivity index (χ2v) is 11.2. The van der Waals surface area contributed by atoms with E-state index in [1.807, 2.05) is 38.2 Å². The Morgan fingerprint density at radius 1 is 1.15 bits per heavy atom. The van der Waals surface area contributed by atoms with Crippen molar-refractivity contribution >= 4 is 34.3 Å². The summed E-state index contributed by atoms with van der Waals surface area (Å²) in [4.78, 5) is 9.05. The number of rotatable bonds is 7. The summed E-state index contributed by atoms with van der Waals surface area (Å²) in [6.45, 7) is 3.91. The molecule has 0 atom stereocenters. The van der Waals surface area contributed by atoms with Crippen molar-refractivity contribution < 1.29 is 9.50 Å². The molecule has 3 heterocycles. The van der Waals surface area contributed by atoms with Crippen LogP contribution in [0.25, 0.3) is 16.6 Å². The predicted molar refractivity (Wildman–Crippen MR) is 154 cm³/mol. The number of nitrogens with two attached hydrogens (primary N) is 2. The van der Waals surface area contributed by atoms with E-state index in [-0.39, 0.29) is 30.2 Å². The lowest BCUT2D eigenvalue weighted by Crippen LogP contribution is -2.33. The molecule has 0 aliphatic heterocycles. The zero-order chi connectivity index (χ0) is 27.7. The van der Waals surface area contributed by atoms with Crippen molar-refractivity contribution in [1.29, 1.82) is 0 Å². The standard InChI is InChI=1S/C29H33ClFN7O/c1-29(2,16-39)26-10-3-17(13-34-26)18-11-25-27(36-21-7-5-20(32)6-8-21)22(14-35-38(25)15-18)28(33)37-24-12-19(31)4-9-23(24)30/h3-4,9-15,20-21,36,39H,5-8,16,32H2,1-2H3,(H2,33,37). The highest BCUT2D eigenvalue weighted by Gasteiger charge is 2.23. The maximum Gasteiger partial charge on any atom is 0.135 e. The number of anilines is 1. The maximum atomic E-state index is 13.9. The molecule has 0 bridgehead atoms. The number of halogens is 2. The first kappa shape index (κ1) is 27.1.